The zero-order valence-corrected chi connectivity index (χ0v) is 12.3. The fraction of sp³-hybridized carbons (Fsp3) is 0.154. The molecule has 0 saturated carbocycles. The van der Waals surface area contributed by atoms with Crippen LogP contribution in [0.25, 0.3) is 0 Å². The first-order valence-corrected chi connectivity index (χ1v) is 6.72. The Hall–Kier alpha value is -2.19. The van der Waals surface area contributed by atoms with Gasteiger partial charge in [-0.3, -0.25) is 14.5 Å². The number of carbonyl (C=O) groups is 3. The van der Waals surface area contributed by atoms with Gasteiger partial charge in [-0.2, -0.15) is 0 Å². The van der Waals surface area contributed by atoms with Crippen molar-refractivity contribution in [2.45, 2.75) is 0 Å². The van der Waals surface area contributed by atoms with E-state index in [1.54, 1.807) is 6.07 Å². The summed E-state index contributed by atoms with van der Waals surface area (Å²) in [7, 11) is 0. The normalized spacial score (nSPS) is 14.4. The molecule has 0 unspecified atom stereocenters. The van der Waals surface area contributed by atoms with Gasteiger partial charge < -0.3 is 15.5 Å². The number of nitrogens with zero attached hydrogens (tertiary/aromatic N) is 1. The number of hydrogen-bond acceptors (Lipinski definition) is 5. The molecule has 0 bridgehead atoms. The number of rotatable bonds is 5. The van der Waals surface area contributed by atoms with Crippen molar-refractivity contribution in [2.24, 2.45) is 0 Å². The number of β-amino-alcohol motifs (C(OH)–C–C–N with tert-alkyl or cyclic N) is 1. The summed E-state index contributed by atoms with van der Waals surface area (Å²) < 4.78 is 0.277. The van der Waals surface area contributed by atoms with Crippen LogP contribution in [0.1, 0.15) is 10.4 Å². The van der Waals surface area contributed by atoms with Gasteiger partial charge in [0.1, 0.15) is 5.70 Å². The van der Waals surface area contributed by atoms with Crippen molar-refractivity contribution < 1.29 is 24.6 Å². The van der Waals surface area contributed by atoms with Gasteiger partial charge in [-0.15, -0.1) is 0 Å². The predicted molar refractivity (Wildman–Crippen MR) is 76.6 cm³/mol. The quantitative estimate of drug-likeness (QED) is 0.675. The number of amides is 2. The van der Waals surface area contributed by atoms with Gasteiger partial charge in [0.05, 0.1) is 28.9 Å². The first-order valence-electron chi connectivity index (χ1n) is 5.93. The van der Waals surface area contributed by atoms with E-state index in [0.717, 1.165) is 11.0 Å². The van der Waals surface area contributed by atoms with E-state index in [-0.39, 0.29) is 28.9 Å². The summed E-state index contributed by atoms with van der Waals surface area (Å²) >= 11 is 3.15. The minimum Gasteiger partial charge on any atom is -0.478 e. The lowest BCUT2D eigenvalue weighted by Gasteiger charge is -2.14. The van der Waals surface area contributed by atoms with Gasteiger partial charge in [0.15, 0.2) is 0 Å². The van der Waals surface area contributed by atoms with Gasteiger partial charge in [-0.25, -0.2) is 4.79 Å². The van der Waals surface area contributed by atoms with Crippen molar-refractivity contribution in [1.82, 2.24) is 4.90 Å². The lowest BCUT2D eigenvalue weighted by atomic mass is 10.2. The molecule has 1 aliphatic heterocycles. The molecule has 0 spiro atoms. The third-order valence-electron chi connectivity index (χ3n) is 2.83. The molecule has 1 heterocycles. The second-order valence-corrected chi connectivity index (χ2v) is 4.97. The Morgan fingerprint density at radius 2 is 2.05 bits per heavy atom. The standard InChI is InChI=1S/C13H11BrN2O5/c14-11-7(13(20)21)2-1-3-8(11)15-9-6-10(18)16(4-5-17)12(9)19/h1-3,6,15,17H,4-5H2,(H,20,21). The highest BCUT2D eigenvalue weighted by atomic mass is 79.9. The molecule has 0 saturated heterocycles. The van der Waals surface area contributed by atoms with E-state index in [1.165, 1.54) is 12.1 Å². The summed E-state index contributed by atoms with van der Waals surface area (Å²) in [5.74, 6) is -2.21. The molecule has 0 radical (unpaired) electrons. The summed E-state index contributed by atoms with van der Waals surface area (Å²) in [6.45, 7) is -0.410. The highest BCUT2D eigenvalue weighted by Crippen LogP contribution is 2.28. The predicted octanol–water partition coefficient (Wildman–Crippen LogP) is 0.804. The lowest BCUT2D eigenvalue weighted by Crippen LogP contribution is -2.34. The van der Waals surface area contributed by atoms with E-state index in [2.05, 4.69) is 21.2 Å². The fourth-order valence-electron chi connectivity index (χ4n) is 1.85. The highest BCUT2D eigenvalue weighted by Gasteiger charge is 2.31. The van der Waals surface area contributed by atoms with Gasteiger partial charge >= 0.3 is 5.97 Å². The van der Waals surface area contributed by atoms with Gasteiger partial charge in [0, 0.05) is 6.08 Å². The average molecular weight is 355 g/mol. The Balaban J connectivity index is 2.26. The second kappa shape index (κ2) is 6.06. The number of carboxylic acids is 1. The van der Waals surface area contributed by atoms with Crippen molar-refractivity contribution in [3.8, 4) is 0 Å². The largest absolute Gasteiger partial charge is 0.478 e. The number of aliphatic hydroxyl groups excluding tert-OH is 1. The fourth-order valence-corrected chi connectivity index (χ4v) is 2.38. The summed E-state index contributed by atoms with van der Waals surface area (Å²) in [5, 5.41) is 20.6. The Morgan fingerprint density at radius 3 is 2.67 bits per heavy atom. The lowest BCUT2D eigenvalue weighted by molar-refractivity contribution is -0.137. The van der Waals surface area contributed by atoms with Crippen LogP contribution in [0.3, 0.4) is 0 Å². The zero-order valence-electron chi connectivity index (χ0n) is 10.7. The summed E-state index contributed by atoms with van der Waals surface area (Å²) in [5.41, 5.74) is 0.412. The van der Waals surface area contributed by atoms with Gasteiger partial charge in [-0.1, -0.05) is 6.07 Å². The van der Waals surface area contributed by atoms with Crippen LogP contribution in [-0.4, -0.2) is 46.0 Å². The molecule has 1 aliphatic rings. The van der Waals surface area contributed by atoms with Crippen LogP contribution in [0.2, 0.25) is 0 Å². The van der Waals surface area contributed by atoms with E-state index < -0.39 is 17.8 Å². The average Bonchev–Trinajstić information content (AvgIpc) is 2.69. The van der Waals surface area contributed by atoms with Crippen molar-refractivity contribution in [1.29, 1.82) is 0 Å². The monoisotopic (exact) mass is 354 g/mol. The van der Waals surface area contributed by atoms with Crippen LogP contribution in [0.5, 0.6) is 0 Å². The molecule has 7 nitrogen and oxygen atoms in total. The van der Waals surface area contributed by atoms with Crippen molar-refractivity contribution >= 4 is 39.4 Å². The molecule has 3 N–H and O–H groups in total. The molecular formula is C13H11BrN2O5. The molecule has 2 rings (SSSR count). The highest BCUT2D eigenvalue weighted by molar-refractivity contribution is 9.10. The number of aromatic carboxylic acids is 1. The molecule has 110 valence electrons. The Morgan fingerprint density at radius 1 is 1.33 bits per heavy atom. The molecule has 0 fully saturated rings. The van der Waals surface area contributed by atoms with Gasteiger partial charge in [0.2, 0.25) is 0 Å². The Labute approximate surface area is 128 Å². The molecule has 0 aromatic heterocycles. The molecule has 8 heteroatoms. The second-order valence-electron chi connectivity index (χ2n) is 4.17. The Bertz CT molecular complexity index is 656. The van der Waals surface area contributed by atoms with E-state index in [4.69, 9.17) is 10.2 Å². The first kappa shape index (κ1) is 15.2. The topological polar surface area (TPSA) is 107 Å². The number of imide groups is 1. The maximum atomic E-state index is 12.0. The Kier molecular flexibility index (Phi) is 4.39. The first-order chi connectivity index (χ1) is 9.95. The minimum atomic E-state index is -1.12. The van der Waals surface area contributed by atoms with Crippen LogP contribution in [-0.2, 0) is 9.59 Å². The van der Waals surface area contributed by atoms with Crippen molar-refractivity contribution in [3.05, 3.63) is 40.0 Å². The van der Waals surface area contributed by atoms with Gasteiger partial charge in [0.25, 0.3) is 11.8 Å². The molecule has 1 aromatic rings. The number of halogens is 1. The summed E-state index contributed by atoms with van der Waals surface area (Å²) in [4.78, 5) is 35.5. The summed E-state index contributed by atoms with van der Waals surface area (Å²) in [6.07, 6.45) is 1.11. The van der Waals surface area contributed by atoms with E-state index in [1.807, 2.05) is 0 Å². The SMILES string of the molecule is O=C(O)c1cccc(NC2=CC(=O)N(CCO)C2=O)c1Br. The number of hydrogen-bond donors (Lipinski definition) is 3. The third kappa shape index (κ3) is 2.96. The van der Waals surface area contributed by atoms with Crippen LogP contribution >= 0.6 is 15.9 Å². The zero-order chi connectivity index (χ0) is 15.6. The number of carboxylic acid groups (broad SMARTS) is 1. The molecule has 21 heavy (non-hydrogen) atoms. The maximum absolute atomic E-state index is 12.0. The van der Waals surface area contributed by atoms with E-state index in [0.29, 0.717) is 5.69 Å². The molecular weight excluding hydrogens is 344 g/mol. The van der Waals surface area contributed by atoms with Crippen LogP contribution < -0.4 is 5.32 Å². The number of anilines is 1. The van der Waals surface area contributed by atoms with Crippen LogP contribution in [0, 0.1) is 0 Å². The molecule has 1 aromatic carbocycles. The summed E-state index contributed by atoms with van der Waals surface area (Å²) in [6, 6.07) is 4.50. The maximum Gasteiger partial charge on any atom is 0.336 e. The van der Waals surface area contributed by atoms with Crippen molar-refractivity contribution in [2.75, 3.05) is 18.5 Å². The van der Waals surface area contributed by atoms with E-state index >= 15 is 0 Å². The number of nitrogens with one attached hydrogen (secondary N) is 1. The number of aliphatic hydroxyl groups is 1. The van der Waals surface area contributed by atoms with Crippen LogP contribution in [0.15, 0.2) is 34.4 Å². The third-order valence-corrected chi connectivity index (χ3v) is 3.69. The molecule has 0 atom stereocenters. The smallest absolute Gasteiger partial charge is 0.336 e. The molecule has 2 amide bonds. The van der Waals surface area contributed by atoms with Crippen molar-refractivity contribution in [3.63, 3.8) is 0 Å². The van der Waals surface area contributed by atoms with E-state index in [9.17, 15) is 14.4 Å². The molecule has 0 aliphatic carbocycles. The minimum absolute atomic E-state index is 0.0247. The van der Waals surface area contributed by atoms with Gasteiger partial charge in [-0.05, 0) is 28.1 Å². The van der Waals surface area contributed by atoms with Crippen LogP contribution in [0.4, 0.5) is 5.69 Å². The number of carbonyl (C=O) groups excluding carboxylic acids is 2. The number of benzene rings is 1.